The average Bonchev–Trinajstić information content (AvgIpc) is 2.86. The lowest BCUT2D eigenvalue weighted by Crippen LogP contribution is -2.29. The number of hydrogen-bond acceptors (Lipinski definition) is 5. The molecule has 20 heavy (non-hydrogen) atoms. The molecule has 1 aliphatic heterocycles. The molecule has 0 amide bonds. The molecule has 114 valence electrons. The molecule has 0 aliphatic carbocycles. The summed E-state index contributed by atoms with van der Waals surface area (Å²) in [6.07, 6.45) is 6.48. The first-order chi connectivity index (χ1) is 9.67. The largest absolute Gasteiger partial charge is 0.378 e. The molecule has 0 aromatic carbocycles. The SMILES string of the molecule is CNC(Cc1nc(CC2CCCCO2)no1)CC(C)C. The summed E-state index contributed by atoms with van der Waals surface area (Å²) in [4.78, 5) is 4.50. The highest BCUT2D eigenvalue weighted by Gasteiger charge is 2.19. The number of nitrogens with zero attached hydrogens (tertiary/aromatic N) is 2. The molecule has 2 atom stereocenters. The molecule has 5 nitrogen and oxygen atoms in total. The summed E-state index contributed by atoms with van der Waals surface area (Å²) in [7, 11) is 1.99. The predicted octanol–water partition coefficient (Wildman–Crippen LogP) is 2.36. The van der Waals surface area contributed by atoms with E-state index in [0.717, 1.165) is 44.0 Å². The number of rotatable bonds is 7. The van der Waals surface area contributed by atoms with Crippen molar-refractivity contribution in [3.8, 4) is 0 Å². The summed E-state index contributed by atoms with van der Waals surface area (Å²) in [5.74, 6) is 2.17. The minimum Gasteiger partial charge on any atom is -0.378 e. The Kier molecular flexibility index (Phi) is 5.98. The second-order valence-electron chi connectivity index (χ2n) is 6.12. The fraction of sp³-hybridized carbons (Fsp3) is 0.867. The monoisotopic (exact) mass is 281 g/mol. The Morgan fingerprint density at radius 3 is 2.85 bits per heavy atom. The number of aromatic nitrogens is 2. The zero-order valence-electron chi connectivity index (χ0n) is 12.9. The molecule has 1 aromatic heterocycles. The Bertz CT molecular complexity index is 386. The van der Waals surface area contributed by atoms with Crippen LogP contribution in [-0.4, -0.2) is 35.9 Å². The summed E-state index contributed by atoms with van der Waals surface area (Å²) in [6.45, 7) is 5.32. The molecule has 5 heteroatoms. The molecule has 1 aliphatic rings. The highest BCUT2D eigenvalue weighted by Crippen LogP contribution is 2.16. The van der Waals surface area contributed by atoms with E-state index >= 15 is 0 Å². The standard InChI is InChI=1S/C15H27N3O2/c1-11(2)8-12(16-3)9-15-17-14(18-20-15)10-13-6-4-5-7-19-13/h11-13,16H,4-10H2,1-3H3. The molecule has 0 bridgehead atoms. The zero-order valence-corrected chi connectivity index (χ0v) is 12.9. The van der Waals surface area contributed by atoms with Crippen molar-refractivity contribution in [1.29, 1.82) is 0 Å². The van der Waals surface area contributed by atoms with E-state index < -0.39 is 0 Å². The van der Waals surface area contributed by atoms with Crippen LogP contribution >= 0.6 is 0 Å². The third-order valence-corrected chi connectivity index (χ3v) is 3.78. The second-order valence-corrected chi connectivity index (χ2v) is 6.12. The molecule has 0 saturated carbocycles. The number of ether oxygens (including phenoxy) is 1. The van der Waals surface area contributed by atoms with Crippen LogP contribution in [0.4, 0.5) is 0 Å². The molecule has 2 rings (SSSR count). The topological polar surface area (TPSA) is 60.2 Å². The van der Waals surface area contributed by atoms with Gasteiger partial charge in [-0.25, -0.2) is 0 Å². The van der Waals surface area contributed by atoms with Gasteiger partial charge < -0.3 is 14.6 Å². The minimum absolute atomic E-state index is 0.268. The molecule has 1 N–H and O–H groups in total. The number of likely N-dealkylation sites (N-methyl/N-ethyl adjacent to an activating group) is 1. The maximum absolute atomic E-state index is 5.71. The van der Waals surface area contributed by atoms with Gasteiger partial charge in [0.05, 0.1) is 6.10 Å². The molecule has 2 unspecified atom stereocenters. The summed E-state index contributed by atoms with van der Waals surface area (Å²) in [5.41, 5.74) is 0. The molecule has 1 saturated heterocycles. The Morgan fingerprint density at radius 2 is 2.20 bits per heavy atom. The average molecular weight is 281 g/mol. The van der Waals surface area contributed by atoms with E-state index in [0.29, 0.717) is 12.0 Å². The zero-order chi connectivity index (χ0) is 14.4. The predicted molar refractivity (Wildman–Crippen MR) is 77.6 cm³/mol. The van der Waals surface area contributed by atoms with E-state index in [9.17, 15) is 0 Å². The van der Waals surface area contributed by atoms with E-state index in [1.54, 1.807) is 0 Å². The van der Waals surface area contributed by atoms with Crippen molar-refractivity contribution in [2.45, 2.75) is 64.5 Å². The maximum atomic E-state index is 5.71. The molecule has 2 heterocycles. The highest BCUT2D eigenvalue weighted by molar-refractivity contribution is 4.92. The smallest absolute Gasteiger partial charge is 0.228 e. The lowest BCUT2D eigenvalue weighted by molar-refractivity contribution is 0.0153. The van der Waals surface area contributed by atoms with E-state index in [1.165, 1.54) is 12.8 Å². The van der Waals surface area contributed by atoms with Crippen molar-refractivity contribution in [2.75, 3.05) is 13.7 Å². The lowest BCUT2D eigenvalue weighted by atomic mass is 10.0. The fourth-order valence-corrected chi connectivity index (χ4v) is 2.71. The van der Waals surface area contributed by atoms with Gasteiger partial charge in [0.2, 0.25) is 5.89 Å². The number of hydrogen-bond donors (Lipinski definition) is 1. The number of nitrogens with one attached hydrogen (secondary N) is 1. The third kappa shape index (κ3) is 4.87. The van der Waals surface area contributed by atoms with Crippen LogP contribution in [0.15, 0.2) is 4.52 Å². The van der Waals surface area contributed by atoms with Crippen LogP contribution in [0.1, 0.15) is 51.2 Å². The van der Waals surface area contributed by atoms with Gasteiger partial charge in [-0.3, -0.25) is 0 Å². The Labute approximate surface area is 121 Å². The van der Waals surface area contributed by atoms with Crippen LogP contribution < -0.4 is 5.32 Å². The van der Waals surface area contributed by atoms with Crippen LogP contribution in [0.2, 0.25) is 0 Å². The van der Waals surface area contributed by atoms with Gasteiger partial charge >= 0.3 is 0 Å². The first-order valence-electron chi connectivity index (χ1n) is 7.77. The normalized spacial score (nSPS) is 21.3. The van der Waals surface area contributed by atoms with Gasteiger partial charge in [0.15, 0.2) is 5.82 Å². The molecule has 1 aromatic rings. The van der Waals surface area contributed by atoms with Crippen LogP contribution in [-0.2, 0) is 17.6 Å². The Hall–Kier alpha value is -0.940. The van der Waals surface area contributed by atoms with Crippen molar-refractivity contribution in [3.63, 3.8) is 0 Å². The van der Waals surface area contributed by atoms with Crippen LogP contribution in [0, 0.1) is 5.92 Å². The summed E-state index contributed by atoms with van der Waals surface area (Å²) in [6, 6.07) is 0.397. The van der Waals surface area contributed by atoms with Gasteiger partial charge in [-0.1, -0.05) is 19.0 Å². The third-order valence-electron chi connectivity index (χ3n) is 3.78. The van der Waals surface area contributed by atoms with Crippen molar-refractivity contribution in [1.82, 2.24) is 15.5 Å². The van der Waals surface area contributed by atoms with Crippen molar-refractivity contribution >= 4 is 0 Å². The summed E-state index contributed by atoms with van der Waals surface area (Å²) in [5, 5.41) is 7.40. The van der Waals surface area contributed by atoms with Crippen LogP contribution in [0.5, 0.6) is 0 Å². The maximum Gasteiger partial charge on any atom is 0.228 e. The molecular weight excluding hydrogens is 254 g/mol. The molecule has 1 fully saturated rings. The van der Waals surface area contributed by atoms with Gasteiger partial charge in [-0.15, -0.1) is 0 Å². The van der Waals surface area contributed by atoms with E-state index in [-0.39, 0.29) is 6.10 Å². The highest BCUT2D eigenvalue weighted by atomic mass is 16.5. The molecule has 0 radical (unpaired) electrons. The van der Waals surface area contributed by atoms with E-state index in [2.05, 4.69) is 29.3 Å². The first-order valence-corrected chi connectivity index (χ1v) is 7.77. The van der Waals surface area contributed by atoms with E-state index in [1.807, 2.05) is 7.05 Å². The van der Waals surface area contributed by atoms with Crippen molar-refractivity contribution in [2.24, 2.45) is 5.92 Å². The lowest BCUT2D eigenvalue weighted by Gasteiger charge is -2.20. The quantitative estimate of drug-likeness (QED) is 0.831. The second kappa shape index (κ2) is 7.74. The van der Waals surface area contributed by atoms with Gasteiger partial charge in [0, 0.05) is 25.5 Å². The summed E-state index contributed by atoms with van der Waals surface area (Å²) >= 11 is 0. The molecular formula is C15H27N3O2. The Morgan fingerprint density at radius 1 is 1.35 bits per heavy atom. The van der Waals surface area contributed by atoms with E-state index in [4.69, 9.17) is 9.26 Å². The van der Waals surface area contributed by atoms with Crippen LogP contribution in [0.25, 0.3) is 0 Å². The minimum atomic E-state index is 0.268. The van der Waals surface area contributed by atoms with Crippen LogP contribution in [0.3, 0.4) is 0 Å². The van der Waals surface area contributed by atoms with Gasteiger partial charge in [0.1, 0.15) is 0 Å². The first kappa shape index (κ1) is 15.4. The fourth-order valence-electron chi connectivity index (χ4n) is 2.71. The van der Waals surface area contributed by atoms with Gasteiger partial charge in [0.25, 0.3) is 0 Å². The Balaban J connectivity index is 1.84. The van der Waals surface area contributed by atoms with Gasteiger partial charge in [-0.05, 0) is 38.6 Å². The summed E-state index contributed by atoms with van der Waals surface area (Å²) < 4.78 is 11.1. The van der Waals surface area contributed by atoms with Gasteiger partial charge in [-0.2, -0.15) is 4.98 Å². The van der Waals surface area contributed by atoms with Crippen molar-refractivity contribution < 1.29 is 9.26 Å². The molecule has 0 spiro atoms. The van der Waals surface area contributed by atoms with Crippen molar-refractivity contribution in [3.05, 3.63) is 11.7 Å².